The van der Waals surface area contributed by atoms with Gasteiger partial charge in [-0.3, -0.25) is 0 Å². The highest BCUT2D eigenvalue weighted by molar-refractivity contribution is 14.1. The van der Waals surface area contributed by atoms with E-state index in [4.69, 9.17) is 15.7 Å². The summed E-state index contributed by atoms with van der Waals surface area (Å²) < 4.78 is 6.69. The first-order valence-electron chi connectivity index (χ1n) is 4.93. The number of nitrogens with zero attached hydrogens (tertiary/aromatic N) is 1. The molecule has 0 heterocycles. The van der Waals surface area contributed by atoms with Crippen LogP contribution in [0.4, 0.5) is 5.69 Å². The summed E-state index contributed by atoms with van der Waals surface area (Å²) in [6.07, 6.45) is 0. The van der Waals surface area contributed by atoms with E-state index in [1.165, 1.54) is 0 Å². The zero-order valence-electron chi connectivity index (χ0n) is 8.85. The molecule has 0 bridgehead atoms. The zero-order valence-corrected chi connectivity index (χ0v) is 11.0. The van der Waals surface area contributed by atoms with Crippen molar-refractivity contribution < 1.29 is 4.74 Å². The number of halogens is 1. The minimum absolute atomic E-state index is 0.370. The summed E-state index contributed by atoms with van der Waals surface area (Å²) in [5.41, 5.74) is 6.64. The summed E-state index contributed by atoms with van der Waals surface area (Å²) in [4.78, 5) is 0. The van der Waals surface area contributed by atoms with Crippen LogP contribution in [0.3, 0.4) is 0 Å². The Kier molecular flexibility index (Phi) is 3.49. The maximum Gasteiger partial charge on any atom is 0.151 e. The maximum atomic E-state index is 8.88. The van der Waals surface area contributed by atoms with Crippen LogP contribution in [0, 0.1) is 14.9 Å². The Morgan fingerprint density at radius 3 is 2.47 bits per heavy atom. The molecule has 2 rings (SSSR count). The number of hydrogen-bond donors (Lipinski definition) is 1. The summed E-state index contributed by atoms with van der Waals surface area (Å²) in [7, 11) is 0. The Hall–Kier alpha value is -1.74. The number of anilines is 1. The molecule has 3 nitrogen and oxygen atoms in total. The molecule has 84 valence electrons. The maximum absolute atomic E-state index is 8.88. The molecule has 0 radical (unpaired) electrons. The van der Waals surface area contributed by atoms with Gasteiger partial charge in [-0.05, 0) is 46.9 Å². The van der Waals surface area contributed by atoms with Gasteiger partial charge in [0.1, 0.15) is 11.8 Å². The predicted octanol–water partition coefficient (Wildman–Crippen LogP) is 3.54. The first-order chi connectivity index (χ1) is 8.22. The fraction of sp³-hybridized carbons (Fsp3) is 0. The summed E-state index contributed by atoms with van der Waals surface area (Å²) in [5, 5.41) is 8.88. The van der Waals surface area contributed by atoms with E-state index in [0.717, 1.165) is 9.32 Å². The van der Waals surface area contributed by atoms with Crippen molar-refractivity contribution >= 4 is 28.3 Å². The average Bonchev–Trinajstić information content (AvgIpc) is 2.34. The molecule has 2 N–H and O–H groups in total. The van der Waals surface area contributed by atoms with Gasteiger partial charge in [0.2, 0.25) is 0 Å². The second-order valence-corrected chi connectivity index (χ2v) is 4.52. The van der Waals surface area contributed by atoms with E-state index >= 15 is 0 Å². The predicted molar refractivity (Wildman–Crippen MR) is 74.8 cm³/mol. The molecule has 0 saturated heterocycles. The number of para-hydroxylation sites is 2. The number of nitriles is 1. The van der Waals surface area contributed by atoms with Gasteiger partial charge in [0.05, 0.1) is 14.8 Å². The number of rotatable bonds is 2. The van der Waals surface area contributed by atoms with Crippen LogP contribution in [0.2, 0.25) is 0 Å². The lowest BCUT2D eigenvalue weighted by Gasteiger charge is -2.10. The van der Waals surface area contributed by atoms with E-state index in [0.29, 0.717) is 17.0 Å². The van der Waals surface area contributed by atoms with Crippen molar-refractivity contribution in [2.24, 2.45) is 0 Å². The van der Waals surface area contributed by atoms with E-state index in [1.54, 1.807) is 18.2 Å². The van der Waals surface area contributed by atoms with Gasteiger partial charge in [-0.15, -0.1) is 0 Å². The normalized spacial score (nSPS) is 9.65. The molecule has 0 aromatic heterocycles. The third-order valence-corrected chi connectivity index (χ3v) is 3.13. The highest BCUT2D eigenvalue weighted by Crippen LogP contribution is 2.31. The molecule has 0 aliphatic carbocycles. The summed E-state index contributed by atoms with van der Waals surface area (Å²) >= 11 is 2.19. The van der Waals surface area contributed by atoms with Gasteiger partial charge in [-0.1, -0.05) is 18.2 Å². The molecular formula is C13H9IN2O. The molecule has 0 amide bonds. The van der Waals surface area contributed by atoms with Crippen molar-refractivity contribution in [1.29, 1.82) is 5.26 Å². The summed E-state index contributed by atoms with van der Waals surface area (Å²) in [5.74, 6) is 1.24. The van der Waals surface area contributed by atoms with Gasteiger partial charge >= 0.3 is 0 Å². The van der Waals surface area contributed by atoms with Crippen LogP contribution in [-0.4, -0.2) is 0 Å². The van der Waals surface area contributed by atoms with Crippen molar-refractivity contribution in [3.05, 3.63) is 51.6 Å². The van der Waals surface area contributed by atoms with Crippen molar-refractivity contribution in [2.45, 2.75) is 0 Å². The molecule has 0 saturated carbocycles. The number of benzene rings is 2. The van der Waals surface area contributed by atoms with E-state index in [-0.39, 0.29) is 0 Å². The van der Waals surface area contributed by atoms with E-state index in [2.05, 4.69) is 22.6 Å². The lowest BCUT2D eigenvalue weighted by atomic mass is 10.2. The Morgan fingerprint density at radius 2 is 1.76 bits per heavy atom. The highest BCUT2D eigenvalue weighted by Gasteiger charge is 2.07. The number of ether oxygens (including phenoxy) is 1. The van der Waals surface area contributed by atoms with Crippen LogP contribution in [0.15, 0.2) is 42.5 Å². The van der Waals surface area contributed by atoms with Gasteiger partial charge in [0.15, 0.2) is 5.75 Å². The second-order valence-electron chi connectivity index (χ2n) is 3.36. The minimum atomic E-state index is 0.370. The third-order valence-electron chi connectivity index (χ3n) is 2.24. The van der Waals surface area contributed by atoms with Crippen molar-refractivity contribution in [3.8, 4) is 17.6 Å². The first kappa shape index (κ1) is 11.7. The molecule has 0 atom stereocenters. The smallest absolute Gasteiger partial charge is 0.151 e. The van der Waals surface area contributed by atoms with E-state index < -0.39 is 0 Å². The lowest BCUT2D eigenvalue weighted by Crippen LogP contribution is -1.96. The monoisotopic (exact) mass is 336 g/mol. The molecule has 4 heteroatoms. The largest absolute Gasteiger partial charge is 0.454 e. The van der Waals surface area contributed by atoms with Crippen LogP contribution in [-0.2, 0) is 0 Å². The molecule has 0 unspecified atom stereocenters. The van der Waals surface area contributed by atoms with Crippen LogP contribution in [0.25, 0.3) is 0 Å². The topological polar surface area (TPSA) is 59.0 Å². The fourth-order valence-electron chi connectivity index (χ4n) is 1.38. The van der Waals surface area contributed by atoms with Crippen LogP contribution in [0.1, 0.15) is 5.56 Å². The third kappa shape index (κ3) is 2.50. The zero-order chi connectivity index (χ0) is 12.3. The van der Waals surface area contributed by atoms with Crippen molar-refractivity contribution in [3.63, 3.8) is 0 Å². The molecule has 0 spiro atoms. The van der Waals surface area contributed by atoms with Gasteiger partial charge in [0.25, 0.3) is 0 Å². The fourth-order valence-corrected chi connectivity index (χ4v) is 1.87. The van der Waals surface area contributed by atoms with E-state index in [9.17, 15) is 0 Å². The summed E-state index contributed by atoms with van der Waals surface area (Å²) in [6.45, 7) is 0. The summed E-state index contributed by atoms with van der Waals surface area (Å²) in [6, 6.07) is 14.8. The Labute approximate surface area is 113 Å². The van der Waals surface area contributed by atoms with Crippen molar-refractivity contribution in [2.75, 3.05) is 5.73 Å². The minimum Gasteiger partial charge on any atom is -0.454 e. The average molecular weight is 336 g/mol. The van der Waals surface area contributed by atoms with Crippen LogP contribution in [0.5, 0.6) is 11.5 Å². The van der Waals surface area contributed by atoms with Gasteiger partial charge in [-0.2, -0.15) is 5.26 Å². The molecular weight excluding hydrogens is 327 g/mol. The molecule has 2 aromatic rings. The molecule has 2 aromatic carbocycles. The van der Waals surface area contributed by atoms with Crippen LogP contribution >= 0.6 is 22.6 Å². The van der Waals surface area contributed by atoms with Crippen molar-refractivity contribution in [1.82, 2.24) is 0 Å². The van der Waals surface area contributed by atoms with Gasteiger partial charge in [-0.25, -0.2) is 0 Å². The Bertz CT molecular complexity index is 590. The molecule has 0 aliphatic rings. The lowest BCUT2D eigenvalue weighted by molar-refractivity contribution is 0.481. The molecule has 17 heavy (non-hydrogen) atoms. The van der Waals surface area contributed by atoms with Gasteiger partial charge in [0, 0.05) is 0 Å². The Morgan fingerprint density at radius 1 is 1.06 bits per heavy atom. The quantitative estimate of drug-likeness (QED) is 0.674. The van der Waals surface area contributed by atoms with Gasteiger partial charge < -0.3 is 10.5 Å². The Balaban J connectivity index is 2.38. The number of nitrogen functional groups attached to an aromatic ring is 1. The van der Waals surface area contributed by atoms with Crippen LogP contribution < -0.4 is 10.5 Å². The molecule has 0 aliphatic heterocycles. The SMILES string of the molecule is N#Cc1cccc(Oc2ccccc2I)c1N. The number of hydrogen-bond acceptors (Lipinski definition) is 3. The second kappa shape index (κ2) is 5.06. The molecule has 0 fully saturated rings. The standard InChI is InChI=1S/C13H9IN2O/c14-10-5-1-2-6-11(10)17-12-7-3-4-9(8-15)13(12)16/h1-7H,16H2. The first-order valence-corrected chi connectivity index (χ1v) is 6.01. The highest BCUT2D eigenvalue weighted by atomic mass is 127. The van der Waals surface area contributed by atoms with E-state index in [1.807, 2.05) is 30.3 Å². The number of nitrogens with two attached hydrogens (primary N) is 1.